The van der Waals surface area contributed by atoms with Gasteiger partial charge in [0.05, 0.1) is 0 Å². The van der Waals surface area contributed by atoms with Gasteiger partial charge in [0.15, 0.2) is 5.96 Å². The molecule has 0 bridgehead atoms. The zero-order valence-corrected chi connectivity index (χ0v) is 16.5. The molecule has 1 saturated heterocycles. The van der Waals surface area contributed by atoms with Crippen LogP contribution in [0.1, 0.15) is 11.1 Å². The number of guanidine groups is 1. The number of halogens is 3. The molecule has 0 radical (unpaired) electrons. The highest BCUT2D eigenvalue weighted by atomic mass is 32.2. The third kappa shape index (κ3) is 6.53. The summed E-state index contributed by atoms with van der Waals surface area (Å²) < 4.78 is 41.2. The summed E-state index contributed by atoms with van der Waals surface area (Å²) in [7, 11) is 0. The molecule has 1 aliphatic rings. The monoisotopic (exact) mass is 425 g/mol. The van der Waals surface area contributed by atoms with Crippen molar-refractivity contribution >= 4 is 17.7 Å². The van der Waals surface area contributed by atoms with E-state index in [2.05, 4.69) is 14.6 Å². The van der Waals surface area contributed by atoms with Crippen LogP contribution in [0.25, 0.3) is 0 Å². The summed E-state index contributed by atoms with van der Waals surface area (Å²) >= 11 is 1.48. The molecule has 0 spiro atoms. The van der Waals surface area contributed by atoms with Gasteiger partial charge in [0, 0.05) is 44.7 Å². The first-order chi connectivity index (χ1) is 13.8. The van der Waals surface area contributed by atoms with E-state index >= 15 is 0 Å². The highest BCUT2D eigenvalue weighted by Crippen LogP contribution is 2.28. The van der Waals surface area contributed by atoms with Crippen LogP contribution in [0.5, 0.6) is 5.75 Å². The maximum atomic E-state index is 12.4. The molecule has 1 aromatic heterocycles. The van der Waals surface area contributed by atoms with Crippen molar-refractivity contribution in [3.8, 4) is 5.75 Å². The standard InChI is InChI=1S/C19H22F3N5OS/c20-19(21,22)28-16-5-1-3-14(11-16)13-29-17-15(4-2-6-25-17)12-26-7-9-27(10-8-26)18(23)24/h1-6,11H,7-10,12-13H2,(H3,23,24). The highest BCUT2D eigenvalue weighted by molar-refractivity contribution is 7.98. The van der Waals surface area contributed by atoms with Crippen molar-refractivity contribution in [2.45, 2.75) is 23.7 Å². The predicted molar refractivity (Wildman–Crippen MR) is 106 cm³/mol. The predicted octanol–water partition coefficient (Wildman–Crippen LogP) is 3.28. The highest BCUT2D eigenvalue weighted by Gasteiger charge is 2.31. The molecule has 0 atom stereocenters. The van der Waals surface area contributed by atoms with Gasteiger partial charge in [-0.25, -0.2) is 4.98 Å². The normalized spacial score (nSPS) is 15.3. The number of nitrogens with one attached hydrogen (secondary N) is 1. The number of alkyl halides is 3. The van der Waals surface area contributed by atoms with E-state index in [1.165, 1.54) is 23.9 Å². The fourth-order valence-electron chi connectivity index (χ4n) is 3.05. The minimum absolute atomic E-state index is 0.0963. The van der Waals surface area contributed by atoms with Gasteiger partial charge in [0.2, 0.25) is 0 Å². The third-order valence-electron chi connectivity index (χ3n) is 4.46. The molecule has 2 heterocycles. The topological polar surface area (TPSA) is 78.5 Å². The van der Waals surface area contributed by atoms with E-state index in [0.717, 1.165) is 35.8 Å². The van der Waals surface area contributed by atoms with Gasteiger partial charge < -0.3 is 15.4 Å². The van der Waals surface area contributed by atoms with Crippen molar-refractivity contribution < 1.29 is 17.9 Å². The number of ether oxygens (including phenoxy) is 1. The lowest BCUT2D eigenvalue weighted by molar-refractivity contribution is -0.274. The van der Waals surface area contributed by atoms with E-state index in [1.807, 2.05) is 17.0 Å². The lowest BCUT2D eigenvalue weighted by Crippen LogP contribution is -2.50. The Morgan fingerprint density at radius 2 is 1.93 bits per heavy atom. The molecule has 0 aliphatic carbocycles. The molecular formula is C19H22F3N5OS. The second kappa shape index (κ2) is 9.36. The van der Waals surface area contributed by atoms with E-state index in [-0.39, 0.29) is 11.7 Å². The second-order valence-corrected chi connectivity index (χ2v) is 7.56. The van der Waals surface area contributed by atoms with Gasteiger partial charge in [-0.15, -0.1) is 24.9 Å². The molecular weight excluding hydrogens is 403 g/mol. The van der Waals surface area contributed by atoms with Gasteiger partial charge in [-0.2, -0.15) is 0 Å². The molecule has 0 unspecified atom stereocenters. The fourth-order valence-corrected chi connectivity index (χ4v) is 3.98. The molecule has 3 N–H and O–H groups in total. The van der Waals surface area contributed by atoms with Crippen molar-refractivity contribution in [3.05, 3.63) is 53.7 Å². The second-order valence-electron chi connectivity index (χ2n) is 6.60. The fraction of sp³-hybridized carbons (Fsp3) is 0.368. The molecule has 29 heavy (non-hydrogen) atoms. The Hall–Kier alpha value is -2.46. The molecule has 1 fully saturated rings. The lowest BCUT2D eigenvalue weighted by Gasteiger charge is -2.35. The maximum Gasteiger partial charge on any atom is 0.573 e. The molecule has 10 heteroatoms. The number of nitrogens with zero attached hydrogens (tertiary/aromatic N) is 3. The summed E-state index contributed by atoms with van der Waals surface area (Å²) in [5.74, 6) is 0.358. The van der Waals surface area contributed by atoms with Gasteiger partial charge in [-0.05, 0) is 29.3 Å². The molecule has 2 aromatic rings. The van der Waals surface area contributed by atoms with E-state index in [0.29, 0.717) is 18.8 Å². The Kier molecular flexibility index (Phi) is 6.86. The summed E-state index contributed by atoms with van der Waals surface area (Å²) in [5.41, 5.74) is 7.33. The number of thioether (sulfide) groups is 1. The van der Waals surface area contributed by atoms with E-state index in [1.54, 1.807) is 18.3 Å². The molecule has 6 nitrogen and oxygen atoms in total. The number of pyridine rings is 1. The Labute approximate surface area is 171 Å². The smallest absolute Gasteiger partial charge is 0.406 e. The number of benzene rings is 1. The summed E-state index contributed by atoms with van der Waals surface area (Å²) in [6.45, 7) is 3.75. The lowest BCUT2D eigenvalue weighted by atomic mass is 10.2. The Balaban J connectivity index is 1.60. The zero-order chi connectivity index (χ0) is 20.9. The van der Waals surface area contributed by atoms with E-state index < -0.39 is 6.36 Å². The summed E-state index contributed by atoms with van der Waals surface area (Å²) in [6.07, 6.45) is -2.99. The van der Waals surface area contributed by atoms with Gasteiger partial charge in [0.25, 0.3) is 0 Å². The largest absolute Gasteiger partial charge is 0.573 e. The Morgan fingerprint density at radius 1 is 1.17 bits per heavy atom. The molecule has 156 valence electrons. The molecule has 0 saturated carbocycles. The average molecular weight is 425 g/mol. The Bertz CT molecular complexity index is 841. The number of hydrogen-bond acceptors (Lipinski definition) is 5. The van der Waals surface area contributed by atoms with Crippen LogP contribution in [0, 0.1) is 5.41 Å². The van der Waals surface area contributed by atoms with Crippen molar-refractivity contribution in [2.24, 2.45) is 5.73 Å². The average Bonchev–Trinajstić information content (AvgIpc) is 2.67. The van der Waals surface area contributed by atoms with Crippen molar-refractivity contribution in [1.82, 2.24) is 14.8 Å². The zero-order valence-electron chi connectivity index (χ0n) is 15.7. The molecule has 1 aliphatic heterocycles. The van der Waals surface area contributed by atoms with Crippen LogP contribution in [0.3, 0.4) is 0 Å². The third-order valence-corrected chi connectivity index (χ3v) is 5.58. The number of piperazine rings is 1. The van der Waals surface area contributed by atoms with Crippen molar-refractivity contribution in [2.75, 3.05) is 26.2 Å². The minimum atomic E-state index is -4.70. The quantitative estimate of drug-likeness (QED) is 0.420. The Morgan fingerprint density at radius 3 is 2.62 bits per heavy atom. The van der Waals surface area contributed by atoms with Gasteiger partial charge in [-0.1, -0.05) is 18.2 Å². The van der Waals surface area contributed by atoms with Crippen LogP contribution in [0.2, 0.25) is 0 Å². The van der Waals surface area contributed by atoms with Crippen LogP contribution in [0.4, 0.5) is 13.2 Å². The van der Waals surface area contributed by atoms with Gasteiger partial charge in [0.1, 0.15) is 10.8 Å². The molecule has 3 rings (SSSR count). The minimum Gasteiger partial charge on any atom is -0.406 e. The van der Waals surface area contributed by atoms with E-state index in [9.17, 15) is 13.2 Å². The van der Waals surface area contributed by atoms with Crippen LogP contribution < -0.4 is 10.5 Å². The number of hydrogen-bond donors (Lipinski definition) is 2. The number of nitrogens with two attached hydrogens (primary N) is 1. The maximum absolute atomic E-state index is 12.4. The van der Waals surface area contributed by atoms with Crippen LogP contribution in [0.15, 0.2) is 47.6 Å². The number of aromatic nitrogens is 1. The van der Waals surface area contributed by atoms with Gasteiger partial charge >= 0.3 is 6.36 Å². The van der Waals surface area contributed by atoms with Crippen LogP contribution in [-0.2, 0) is 12.3 Å². The van der Waals surface area contributed by atoms with E-state index in [4.69, 9.17) is 11.1 Å². The van der Waals surface area contributed by atoms with Gasteiger partial charge in [-0.3, -0.25) is 10.3 Å². The van der Waals surface area contributed by atoms with Crippen molar-refractivity contribution in [3.63, 3.8) is 0 Å². The van der Waals surface area contributed by atoms with Crippen molar-refractivity contribution in [1.29, 1.82) is 5.41 Å². The van der Waals surface area contributed by atoms with Crippen LogP contribution in [-0.4, -0.2) is 53.3 Å². The summed E-state index contributed by atoms with van der Waals surface area (Å²) in [6, 6.07) is 9.88. The SMILES string of the molecule is N=C(N)N1CCN(Cc2cccnc2SCc2cccc(OC(F)(F)F)c2)CC1. The summed E-state index contributed by atoms with van der Waals surface area (Å²) in [5, 5.41) is 8.36. The summed E-state index contributed by atoms with van der Waals surface area (Å²) in [4.78, 5) is 8.56. The first-order valence-electron chi connectivity index (χ1n) is 9.03. The molecule has 1 aromatic carbocycles. The first-order valence-corrected chi connectivity index (χ1v) is 10.0. The first kappa shape index (κ1) is 21.3. The van der Waals surface area contributed by atoms with Crippen LogP contribution >= 0.6 is 11.8 Å². The molecule has 0 amide bonds. The number of rotatable bonds is 6.